The Labute approximate surface area is 88.6 Å². The van der Waals surface area contributed by atoms with E-state index in [2.05, 4.69) is 27.4 Å². The first-order valence-electron chi connectivity index (χ1n) is 5.24. The molecule has 76 valence electrons. The van der Waals surface area contributed by atoms with E-state index in [4.69, 9.17) is 0 Å². The first-order valence-corrected chi connectivity index (χ1v) is 5.24. The third-order valence-electron chi connectivity index (χ3n) is 3.21. The molecule has 0 atom stereocenters. The minimum Gasteiger partial charge on any atom is -0.309 e. The van der Waals surface area contributed by atoms with Crippen molar-refractivity contribution in [2.75, 3.05) is 7.05 Å². The zero-order valence-electron chi connectivity index (χ0n) is 8.70. The van der Waals surface area contributed by atoms with Crippen LogP contribution in [0.25, 0.3) is 10.9 Å². The van der Waals surface area contributed by atoms with Gasteiger partial charge in [0.2, 0.25) is 0 Å². The van der Waals surface area contributed by atoms with Crippen LogP contribution >= 0.6 is 0 Å². The van der Waals surface area contributed by atoms with Crippen LogP contribution in [0.15, 0.2) is 30.6 Å². The van der Waals surface area contributed by atoms with Crippen molar-refractivity contribution < 1.29 is 0 Å². The van der Waals surface area contributed by atoms with Crippen LogP contribution in [0.4, 0.5) is 0 Å². The lowest BCUT2D eigenvalue weighted by Crippen LogP contribution is -2.25. The van der Waals surface area contributed by atoms with Crippen molar-refractivity contribution in [2.24, 2.45) is 0 Å². The van der Waals surface area contributed by atoms with Crippen LogP contribution in [0.3, 0.4) is 0 Å². The number of fused-ring (bicyclic) bond motifs is 1. The molecule has 1 saturated carbocycles. The second-order valence-electron chi connectivity index (χ2n) is 4.10. The third kappa shape index (κ3) is 1.31. The molecular formula is C12H13N3. The lowest BCUT2D eigenvalue weighted by atomic mass is 10.1. The van der Waals surface area contributed by atoms with Crippen LogP contribution in [0.2, 0.25) is 0 Å². The number of nitrogens with one attached hydrogen (secondary N) is 1. The molecule has 0 saturated heterocycles. The first kappa shape index (κ1) is 8.80. The summed E-state index contributed by atoms with van der Waals surface area (Å²) in [5, 5.41) is 4.46. The SMILES string of the molecule is CNC1(c2ccc3cnccc3n2)CC1. The Morgan fingerprint density at radius 2 is 2.13 bits per heavy atom. The lowest BCUT2D eigenvalue weighted by molar-refractivity contribution is 0.570. The van der Waals surface area contributed by atoms with Gasteiger partial charge in [-0.3, -0.25) is 9.97 Å². The second kappa shape index (κ2) is 3.00. The van der Waals surface area contributed by atoms with Gasteiger partial charge in [-0.2, -0.15) is 0 Å². The van der Waals surface area contributed by atoms with Crippen molar-refractivity contribution in [1.29, 1.82) is 0 Å². The van der Waals surface area contributed by atoms with E-state index in [-0.39, 0.29) is 5.54 Å². The molecule has 1 N–H and O–H groups in total. The van der Waals surface area contributed by atoms with Crippen LogP contribution < -0.4 is 5.32 Å². The van der Waals surface area contributed by atoms with Gasteiger partial charge in [-0.1, -0.05) is 0 Å². The van der Waals surface area contributed by atoms with Crippen molar-refractivity contribution in [3.8, 4) is 0 Å². The predicted molar refractivity (Wildman–Crippen MR) is 59.5 cm³/mol. The molecule has 0 spiro atoms. The smallest absolute Gasteiger partial charge is 0.0736 e. The van der Waals surface area contributed by atoms with Crippen molar-refractivity contribution in [3.05, 3.63) is 36.3 Å². The minimum atomic E-state index is 0.150. The quantitative estimate of drug-likeness (QED) is 0.802. The van der Waals surface area contributed by atoms with E-state index in [0.717, 1.165) is 16.6 Å². The molecule has 1 fully saturated rings. The van der Waals surface area contributed by atoms with Gasteiger partial charge in [0, 0.05) is 17.8 Å². The van der Waals surface area contributed by atoms with E-state index in [9.17, 15) is 0 Å². The Hall–Kier alpha value is -1.48. The summed E-state index contributed by atoms with van der Waals surface area (Å²) < 4.78 is 0. The van der Waals surface area contributed by atoms with E-state index in [0.29, 0.717) is 0 Å². The molecule has 1 aliphatic rings. The molecule has 3 rings (SSSR count). The standard InChI is InChI=1S/C12H13N3/c1-13-12(5-6-12)11-3-2-9-8-14-7-4-10(9)15-11/h2-4,7-8,13H,5-6H2,1H3. The van der Waals surface area contributed by atoms with Crippen LogP contribution in [-0.2, 0) is 5.54 Å². The number of hydrogen-bond acceptors (Lipinski definition) is 3. The van der Waals surface area contributed by atoms with E-state index >= 15 is 0 Å². The fourth-order valence-electron chi connectivity index (χ4n) is 1.99. The first-order chi connectivity index (χ1) is 7.34. The van der Waals surface area contributed by atoms with E-state index < -0.39 is 0 Å². The van der Waals surface area contributed by atoms with Crippen molar-refractivity contribution in [3.63, 3.8) is 0 Å². The molecule has 0 aromatic carbocycles. The highest BCUT2D eigenvalue weighted by molar-refractivity contribution is 5.77. The van der Waals surface area contributed by atoms with Crippen molar-refractivity contribution in [1.82, 2.24) is 15.3 Å². The van der Waals surface area contributed by atoms with Gasteiger partial charge in [0.15, 0.2) is 0 Å². The number of nitrogens with zero attached hydrogens (tertiary/aromatic N) is 2. The van der Waals surface area contributed by atoms with Gasteiger partial charge in [-0.25, -0.2) is 0 Å². The van der Waals surface area contributed by atoms with E-state index in [1.165, 1.54) is 12.8 Å². The zero-order valence-corrected chi connectivity index (χ0v) is 8.70. The third-order valence-corrected chi connectivity index (χ3v) is 3.21. The Morgan fingerprint density at radius 3 is 2.87 bits per heavy atom. The van der Waals surface area contributed by atoms with Crippen molar-refractivity contribution in [2.45, 2.75) is 18.4 Å². The molecule has 2 aromatic rings. The van der Waals surface area contributed by atoms with Gasteiger partial charge < -0.3 is 5.32 Å². The number of hydrogen-bond donors (Lipinski definition) is 1. The summed E-state index contributed by atoms with van der Waals surface area (Å²) in [5.41, 5.74) is 2.34. The highest BCUT2D eigenvalue weighted by Gasteiger charge is 2.44. The highest BCUT2D eigenvalue weighted by atomic mass is 15.0. The van der Waals surface area contributed by atoms with Gasteiger partial charge in [0.05, 0.1) is 16.7 Å². The molecular weight excluding hydrogens is 186 g/mol. The number of aromatic nitrogens is 2. The van der Waals surface area contributed by atoms with Crippen LogP contribution in [0.1, 0.15) is 18.5 Å². The van der Waals surface area contributed by atoms with E-state index in [1.54, 1.807) is 6.20 Å². The minimum absolute atomic E-state index is 0.150. The molecule has 2 heterocycles. The summed E-state index contributed by atoms with van der Waals surface area (Å²) in [6.45, 7) is 0. The monoisotopic (exact) mass is 199 g/mol. The Morgan fingerprint density at radius 1 is 1.27 bits per heavy atom. The number of rotatable bonds is 2. The normalized spacial score (nSPS) is 17.9. The highest BCUT2D eigenvalue weighted by Crippen LogP contribution is 2.44. The van der Waals surface area contributed by atoms with Gasteiger partial charge >= 0.3 is 0 Å². The zero-order chi connectivity index (χ0) is 10.3. The van der Waals surface area contributed by atoms with Gasteiger partial charge in [0.25, 0.3) is 0 Å². The largest absolute Gasteiger partial charge is 0.309 e. The second-order valence-corrected chi connectivity index (χ2v) is 4.10. The van der Waals surface area contributed by atoms with Gasteiger partial charge in [-0.05, 0) is 38.1 Å². The van der Waals surface area contributed by atoms with Crippen LogP contribution in [-0.4, -0.2) is 17.0 Å². The maximum absolute atomic E-state index is 4.68. The summed E-state index contributed by atoms with van der Waals surface area (Å²) >= 11 is 0. The molecule has 3 nitrogen and oxygen atoms in total. The molecule has 0 bridgehead atoms. The number of pyridine rings is 2. The molecule has 1 aliphatic carbocycles. The van der Waals surface area contributed by atoms with Crippen LogP contribution in [0.5, 0.6) is 0 Å². The van der Waals surface area contributed by atoms with Crippen LogP contribution in [0, 0.1) is 0 Å². The summed E-state index contributed by atoms with van der Waals surface area (Å²) in [7, 11) is 2.01. The fourth-order valence-corrected chi connectivity index (χ4v) is 1.99. The average Bonchev–Trinajstić information content (AvgIpc) is 3.09. The molecule has 2 aromatic heterocycles. The molecule has 0 radical (unpaired) electrons. The predicted octanol–water partition coefficient (Wildman–Crippen LogP) is 1.84. The summed E-state index contributed by atoms with van der Waals surface area (Å²) in [6.07, 6.45) is 6.02. The molecule has 0 unspecified atom stereocenters. The fraction of sp³-hybridized carbons (Fsp3) is 0.333. The van der Waals surface area contributed by atoms with E-state index in [1.807, 2.05) is 19.3 Å². The Balaban J connectivity index is 2.14. The maximum Gasteiger partial charge on any atom is 0.0736 e. The molecule has 0 aliphatic heterocycles. The van der Waals surface area contributed by atoms with Gasteiger partial charge in [0.1, 0.15) is 0 Å². The summed E-state index contributed by atoms with van der Waals surface area (Å²) in [4.78, 5) is 8.76. The topological polar surface area (TPSA) is 37.8 Å². The average molecular weight is 199 g/mol. The lowest BCUT2D eigenvalue weighted by Gasteiger charge is -2.13. The van der Waals surface area contributed by atoms with Gasteiger partial charge in [-0.15, -0.1) is 0 Å². The summed E-state index contributed by atoms with van der Waals surface area (Å²) in [5.74, 6) is 0. The maximum atomic E-state index is 4.68. The molecule has 15 heavy (non-hydrogen) atoms. The Kier molecular flexibility index (Phi) is 1.76. The molecule has 0 amide bonds. The Bertz CT molecular complexity index is 503. The molecule has 3 heteroatoms. The van der Waals surface area contributed by atoms with Crippen molar-refractivity contribution >= 4 is 10.9 Å². The summed E-state index contributed by atoms with van der Waals surface area (Å²) in [6, 6.07) is 6.17.